The fourth-order valence-corrected chi connectivity index (χ4v) is 1.90. The minimum atomic E-state index is -0.903. The van der Waals surface area contributed by atoms with Crippen LogP contribution >= 0.6 is 0 Å². The van der Waals surface area contributed by atoms with E-state index < -0.39 is 22.8 Å². The third-order valence-electron chi connectivity index (χ3n) is 3.34. The van der Waals surface area contributed by atoms with Gasteiger partial charge in [0.05, 0.1) is 4.92 Å². The summed E-state index contributed by atoms with van der Waals surface area (Å²) in [6.45, 7) is 3.40. The highest BCUT2D eigenvalue weighted by molar-refractivity contribution is 5.95. The minimum absolute atomic E-state index is 0.0742. The Morgan fingerprint density at radius 2 is 1.64 bits per heavy atom. The van der Waals surface area contributed by atoms with Crippen LogP contribution in [-0.2, 0) is 4.79 Å². The fraction of sp³-hybridized carbons (Fsp3) is 0.176. The van der Waals surface area contributed by atoms with Crippen molar-refractivity contribution in [2.24, 2.45) is 0 Å². The third-order valence-corrected chi connectivity index (χ3v) is 3.34. The van der Waals surface area contributed by atoms with Crippen LogP contribution < -0.4 is 15.6 Å². The van der Waals surface area contributed by atoms with Gasteiger partial charge in [-0.05, 0) is 38.1 Å². The molecule has 2 N–H and O–H groups in total. The molecule has 0 aliphatic carbocycles. The highest BCUT2D eigenvalue weighted by Gasteiger charge is 2.16. The van der Waals surface area contributed by atoms with Gasteiger partial charge in [-0.15, -0.1) is 0 Å². The lowest BCUT2D eigenvalue weighted by atomic mass is 10.1. The van der Waals surface area contributed by atoms with Crippen LogP contribution in [0.15, 0.2) is 48.5 Å². The average Bonchev–Trinajstić information content (AvgIpc) is 2.60. The Hall–Kier alpha value is -3.42. The Kier molecular flexibility index (Phi) is 5.67. The number of nitro groups is 1. The average molecular weight is 343 g/mol. The molecule has 0 aliphatic heterocycles. The van der Waals surface area contributed by atoms with Crippen molar-refractivity contribution in [1.29, 1.82) is 0 Å². The summed E-state index contributed by atoms with van der Waals surface area (Å²) in [5.41, 5.74) is 5.93. The molecule has 2 rings (SSSR count). The molecule has 0 spiro atoms. The van der Waals surface area contributed by atoms with E-state index in [2.05, 4.69) is 10.9 Å². The van der Waals surface area contributed by atoms with E-state index in [9.17, 15) is 19.7 Å². The van der Waals surface area contributed by atoms with Gasteiger partial charge < -0.3 is 4.74 Å². The van der Waals surface area contributed by atoms with Crippen LogP contribution in [0, 0.1) is 17.0 Å². The van der Waals surface area contributed by atoms with Crippen LogP contribution in [0.4, 0.5) is 5.69 Å². The summed E-state index contributed by atoms with van der Waals surface area (Å²) in [4.78, 5) is 33.9. The number of hydrogen-bond donors (Lipinski definition) is 2. The number of non-ortho nitro benzene ring substituents is 1. The number of nitrogens with one attached hydrogen (secondary N) is 2. The molecular weight excluding hydrogens is 326 g/mol. The zero-order valence-electron chi connectivity index (χ0n) is 13.7. The van der Waals surface area contributed by atoms with Gasteiger partial charge in [0, 0.05) is 17.7 Å². The molecule has 8 heteroatoms. The maximum absolute atomic E-state index is 12.0. The van der Waals surface area contributed by atoms with Gasteiger partial charge in [-0.2, -0.15) is 0 Å². The van der Waals surface area contributed by atoms with Crippen molar-refractivity contribution >= 4 is 17.5 Å². The number of carbonyl (C=O) groups is 2. The first kappa shape index (κ1) is 17.9. The predicted molar refractivity (Wildman–Crippen MR) is 90.0 cm³/mol. The van der Waals surface area contributed by atoms with Crippen LogP contribution in [0.2, 0.25) is 0 Å². The van der Waals surface area contributed by atoms with Crippen molar-refractivity contribution in [2.75, 3.05) is 0 Å². The first-order valence-corrected chi connectivity index (χ1v) is 7.45. The monoisotopic (exact) mass is 343 g/mol. The normalized spacial score (nSPS) is 11.3. The Balaban J connectivity index is 1.86. The summed E-state index contributed by atoms with van der Waals surface area (Å²) < 4.78 is 5.38. The van der Waals surface area contributed by atoms with E-state index in [1.807, 2.05) is 6.92 Å². The highest BCUT2D eigenvalue weighted by atomic mass is 16.6. The van der Waals surface area contributed by atoms with Gasteiger partial charge in [0.25, 0.3) is 17.5 Å². The van der Waals surface area contributed by atoms with Crippen molar-refractivity contribution in [3.8, 4) is 5.75 Å². The number of ether oxygens (including phenoxy) is 1. The molecule has 0 bridgehead atoms. The second-order valence-electron chi connectivity index (χ2n) is 5.32. The lowest BCUT2D eigenvalue weighted by molar-refractivity contribution is -0.384. The topological polar surface area (TPSA) is 111 Å². The van der Waals surface area contributed by atoms with Gasteiger partial charge in [-0.25, -0.2) is 0 Å². The second-order valence-corrected chi connectivity index (χ2v) is 5.32. The largest absolute Gasteiger partial charge is 0.481 e. The SMILES string of the molecule is Cc1ccc(C(=O)NNC(=O)C(C)Oc2ccc([N+](=O)[O-])cc2)cc1. The number of aryl methyl sites for hydroxylation is 1. The number of carbonyl (C=O) groups excluding carboxylic acids is 2. The number of nitro benzene ring substituents is 1. The van der Waals surface area contributed by atoms with Gasteiger partial charge in [0.2, 0.25) is 0 Å². The van der Waals surface area contributed by atoms with E-state index in [-0.39, 0.29) is 5.69 Å². The quantitative estimate of drug-likeness (QED) is 0.638. The Bertz CT molecular complexity index is 772. The second kappa shape index (κ2) is 7.91. The van der Waals surface area contributed by atoms with Gasteiger partial charge in [0.15, 0.2) is 6.10 Å². The van der Waals surface area contributed by atoms with Crippen molar-refractivity contribution in [3.63, 3.8) is 0 Å². The number of nitrogens with zero attached hydrogens (tertiary/aromatic N) is 1. The van der Waals surface area contributed by atoms with Crippen molar-refractivity contribution in [2.45, 2.75) is 20.0 Å². The van der Waals surface area contributed by atoms with Gasteiger partial charge in [-0.3, -0.25) is 30.6 Å². The first-order valence-electron chi connectivity index (χ1n) is 7.45. The van der Waals surface area contributed by atoms with Crippen LogP contribution in [0.1, 0.15) is 22.8 Å². The Morgan fingerprint density at radius 1 is 1.04 bits per heavy atom. The van der Waals surface area contributed by atoms with Crippen LogP contribution in [0.25, 0.3) is 0 Å². The molecule has 0 fully saturated rings. The fourth-order valence-electron chi connectivity index (χ4n) is 1.90. The Labute approximate surface area is 143 Å². The minimum Gasteiger partial charge on any atom is -0.481 e. The van der Waals surface area contributed by atoms with Crippen molar-refractivity contribution in [1.82, 2.24) is 10.9 Å². The lowest BCUT2D eigenvalue weighted by Crippen LogP contribution is -2.47. The summed E-state index contributed by atoms with van der Waals surface area (Å²) in [5.74, 6) is -0.701. The molecular formula is C17H17N3O5. The summed E-state index contributed by atoms with van der Waals surface area (Å²) in [5, 5.41) is 10.6. The van der Waals surface area contributed by atoms with E-state index in [4.69, 9.17) is 4.74 Å². The summed E-state index contributed by atoms with van der Waals surface area (Å²) >= 11 is 0. The lowest BCUT2D eigenvalue weighted by Gasteiger charge is -2.15. The maximum atomic E-state index is 12.0. The van der Waals surface area contributed by atoms with Gasteiger partial charge in [0.1, 0.15) is 5.75 Å². The van der Waals surface area contributed by atoms with E-state index in [1.54, 1.807) is 24.3 Å². The number of amides is 2. The van der Waals surface area contributed by atoms with Crippen molar-refractivity contribution in [3.05, 3.63) is 69.8 Å². The first-order chi connectivity index (χ1) is 11.9. The molecule has 130 valence electrons. The van der Waals surface area contributed by atoms with E-state index in [0.717, 1.165) is 5.56 Å². The molecule has 0 saturated heterocycles. The van der Waals surface area contributed by atoms with Gasteiger partial charge >= 0.3 is 0 Å². The van der Waals surface area contributed by atoms with Gasteiger partial charge in [-0.1, -0.05) is 17.7 Å². The molecule has 1 unspecified atom stereocenters. The zero-order chi connectivity index (χ0) is 18.4. The Morgan fingerprint density at radius 3 is 2.20 bits per heavy atom. The molecule has 25 heavy (non-hydrogen) atoms. The molecule has 2 aromatic rings. The molecule has 8 nitrogen and oxygen atoms in total. The summed E-state index contributed by atoms with van der Waals surface area (Å²) in [6.07, 6.45) is -0.903. The molecule has 0 aliphatic rings. The highest BCUT2D eigenvalue weighted by Crippen LogP contribution is 2.18. The molecule has 0 radical (unpaired) electrons. The number of hydrogen-bond acceptors (Lipinski definition) is 5. The molecule has 0 heterocycles. The summed E-state index contributed by atoms with van der Waals surface area (Å²) in [7, 11) is 0. The smallest absolute Gasteiger partial charge is 0.279 e. The van der Waals surface area contributed by atoms with Crippen LogP contribution in [0.3, 0.4) is 0 Å². The molecule has 2 aromatic carbocycles. The standard InChI is InChI=1S/C17H17N3O5/c1-11-3-5-13(6-4-11)17(22)19-18-16(21)12(2)25-15-9-7-14(8-10-15)20(23)24/h3-10,12H,1-2H3,(H,18,21)(H,19,22). The number of benzene rings is 2. The zero-order valence-corrected chi connectivity index (χ0v) is 13.7. The van der Waals surface area contributed by atoms with E-state index >= 15 is 0 Å². The number of rotatable bonds is 5. The number of hydrazine groups is 1. The van der Waals surface area contributed by atoms with E-state index in [0.29, 0.717) is 11.3 Å². The maximum Gasteiger partial charge on any atom is 0.279 e. The van der Waals surface area contributed by atoms with Crippen LogP contribution in [0.5, 0.6) is 5.75 Å². The summed E-state index contributed by atoms with van der Waals surface area (Å²) in [6, 6.07) is 12.2. The predicted octanol–water partition coefficient (Wildman–Crippen LogP) is 2.13. The third kappa shape index (κ3) is 5.03. The molecule has 0 aromatic heterocycles. The molecule has 2 amide bonds. The van der Waals surface area contributed by atoms with Crippen LogP contribution in [-0.4, -0.2) is 22.8 Å². The van der Waals surface area contributed by atoms with Crippen molar-refractivity contribution < 1.29 is 19.2 Å². The molecule has 1 atom stereocenters. The molecule has 0 saturated carbocycles. The van der Waals surface area contributed by atoms with E-state index in [1.165, 1.54) is 31.2 Å².